The summed E-state index contributed by atoms with van der Waals surface area (Å²) >= 11 is 0. The first-order chi connectivity index (χ1) is 6.58. The average molecular weight is 196 g/mol. The van der Waals surface area contributed by atoms with Crippen LogP contribution in [0, 0.1) is 0 Å². The van der Waals surface area contributed by atoms with E-state index in [0.29, 0.717) is 6.42 Å². The highest BCUT2D eigenvalue weighted by molar-refractivity contribution is 5.65. The van der Waals surface area contributed by atoms with E-state index in [9.17, 15) is 4.79 Å². The van der Waals surface area contributed by atoms with E-state index >= 15 is 0 Å². The van der Waals surface area contributed by atoms with Gasteiger partial charge >= 0.3 is 5.97 Å². The van der Waals surface area contributed by atoms with Gasteiger partial charge in [0, 0.05) is 19.4 Å². The van der Waals surface area contributed by atoms with Gasteiger partial charge in [0.05, 0.1) is 6.61 Å². The van der Waals surface area contributed by atoms with Crippen molar-refractivity contribution >= 4 is 5.97 Å². The predicted octanol–water partition coefficient (Wildman–Crippen LogP) is 1.20. The van der Waals surface area contributed by atoms with E-state index in [1.807, 2.05) is 0 Å². The van der Waals surface area contributed by atoms with Crippen molar-refractivity contribution in [3.63, 3.8) is 0 Å². The molecule has 0 saturated carbocycles. The average Bonchev–Trinajstić information content (AvgIpc) is 2.01. The molecular weight excluding hydrogens is 184 g/mol. The molecule has 0 bridgehead atoms. The third-order valence-electron chi connectivity index (χ3n) is 1.66. The van der Waals surface area contributed by atoms with E-state index in [1.54, 1.807) is 0 Å². The van der Waals surface area contributed by atoms with Gasteiger partial charge in [-0.2, -0.15) is 0 Å². The summed E-state index contributed by atoms with van der Waals surface area (Å²) < 4.78 is 4.72. The Labute approximate surface area is 81.8 Å². The maximum absolute atomic E-state index is 10.4. The van der Waals surface area contributed by atoms with Gasteiger partial charge in [-0.1, -0.05) is 0 Å². The van der Waals surface area contributed by atoms with Crippen LogP contribution in [-0.2, 0) is 16.0 Å². The summed E-state index contributed by atoms with van der Waals surface area (Å²) in [6.07, 6.45) is 0.474. The number of phenols is 2. The van der Waals surface area contributed by atoms with Crippen LogP contribution in [0.5, 0.6) is 11.5 Å². The minimum absolute atomic E-state index is 0.00262. The molecule has 0 unspecified atom stereocenters. The van der Waals surface area contributed by atoms with Gasteiger partial charge in [0.15, 0.2) is 0 Å². The fourth-order valence-electron chi connectivity index (χ4n) is 1.11. The van der Waals surface area contributed by atoms with E-state index in [4.69, 9.17) is 14.9 Å². The molecule has 1 aromatic carbocycles. The molecule has 0 aromatic heterocycles. The first-order valence-corrected chi connectivity index (χ1v) is 4.23. The van der Waals surface area contributed by atoms with Gasteiger partial charge in [-0.3, -0.25) is 4.79 Å². The van der Waals surface area contributed by atoms with E-state index in [-0.39, 0.29) is 24.1 Å². The first kappa shape index (κ1) is 10.4. The van der Waals surface area contributed by atoms with Crippen LogP contribution >= 0.6 is 0 Å². The maximum Gasteiger partial charge on any atom is 0.302 e. The Bertz CT molecular complexity index is 313. The highest BCUT2D eigenvalue weighted by Crippen LogP contribution is 2.20. The second-order valence-electron chi connectivity index (χ2n) is 2.95. The minimum Gasteiger partial charge on any atom is -0.508 e. The number of phenolic OH excluding ortho intramolecular Hbond substituents is 2. The number of ether oxygens (including phenoxy) is 1. The van der Waals surface area contributed by atoms with Crippen LogP contribution in [0.3, 0.4) is 0 Å². The molecule has 0 aliphatic carbocycles. The van der Waals surface area contributed by atoms with Crippen LogP contribution in [0.4, 0.5) is 0 Å². The Hall–Kier alpha value is -1.71. The molecule has 0 atom stereocenters. The Morgan fingerprint density at radius 2 is 1.86 bits per heavy atom. The Morgan fingerprint density at radius 1 is 1.29 bits per heavy atom. The quantitative estimate of drug-likeness (QED) is 0.713. The smallest absolute Gasteiger partial charge is 0.302 e. The van der Waals surface area contributed by atoms with E-state index < -0.39 is 0 Å². The summed E-state index contributed by atoms with van der Waals surface area (Å²) in [5, 5.41) is 18.3. The van der Waals surface area contributed by atoms with Crippen molar-refractivity contribution in [2.24, 2.45) is 0 Å². The van der Waals surface area contributed by atoms with Crippen LogP contribution in [0.15, 0.2) is 18.2 Å². The van der Waals surface area contributed by atoms with Gasteiger partial charge < -0.3 is 14.9 Å². The number of carbonyl (C=O) groups excluding carboxylic acids is 1. The topological polar surface area (TPSA) is 66.8 Å². The molecule has 1 aromatic rings. The fourth-order valence-corrected chi connectivity index (χ4v) is 1.11. The largest absolute Gasteiger partial charge is 0.508 e. The van der Waals surface area contributed by atoms with Gasteiger partial charge in [-0.05, 0) is 17.7 Å². The monoisotopic (exact) mass is 196 g/mol. The van der Waals surface area contributed by atoms with E-state index in [0.717, 1.165) is 5.56 Å². The predicted molar refractivity (Wildman–Crippen MR) is 50.1 cm³/mol. The minimum atomic E-state index is -0.339. The summed E-state index contributed by atoms with van der Waals surface area (Å²) in [6.45, 7) is 1.58. The molecule has 2 N–H and O–H groups in total. The van der Waals surface area contributed by atoms with Crippen molar-refractivity contribution < 1.29 is 19.7 Å². The summed E-state index contributed by atoms with van der Waals surface area (Å²) in [5.41, 5.74) is 0.726. The third-order valence-corrected chi connectivity index (χ3v) is 1.66. The maximum atomic E-state index is 10.4. The fraction of sp³-hybridized carbons (Fsp3) is 0.300. The number of rotatable bonds is 3. The summed E-state index contributed by atoms with van der Waals surface area (Å²) in [5.74, 6) is -0.333. The zero-order valence-electron chi connectivity index (χ0n) is 7.86. The van der Waals surface area contributed by atoms with Crippen LogP contribution < -0.4 is 0 Å². The highest BCUT2D eigenvalue weighted by Gasteiger charge is 2.00. The van der Waals surface area contributed by atoms with Gasteiger partial charge in [0.2, 0.25) is 0 Å². The Morgan fingerprint density at radius 3 is 2.36 bits per heavy atom. The van der Waals surface area contributed by atoms with Gasteiger partial charge in [0.25, 0.3) is 0 Å². The standard InChI is InChI=1S/C10H12O4/c1-7(11)14-3-2-8-4-9(12)6-10(13)5-8/h4-6,12-13H,2-3H2,1H3. The molecule has 4 nitrogen and oxygen atoms in total. The van der Waals surface area contributed by atoms with Crippen LogP contribution in [-0.4, -0.2) is 22.8 Å². The molecule has 0 spiro atoms. The van der Waals surface area contributed by atoms with Gasteiger partial charge in [-0.15, -0.1) is 0 Å². The van der Waals surface area contributed by atoms with Crippen molar-refractivity contribution in [2.75, 3.05) is 6.61 Å². The van der Waals surface area contributed by atoms with Crippen LogP contribution in [0.1, 0.15) is 12.5 Å². The molecule has 0 amide bonds. The van der Waals surface area contributed by atoms with Crippen molar-refractivity contribution in [3.8, 4) is 11.5 Å². The molecule has 0 radical (unpaired) electrons. The van der Waals surface area contributed by atoms with Gasteiger partial charge in [-0.25, -0.2) is 0 Å². The van der Waals surface area contributed by atoms with Crippen molar-refractivity contribution in [3.05, 3.63) is 23.8 Å². The number of hydrogen-bond acceptors (Lipinski definition) is 4. The number of carbonyl (C=O) groups is 1. The van der Waals surface area contributed by atoms with Crippen LogP contribution in [0.25, 0.3) is 0 Å². The molecule has 0 aliphatic rings. The molecular formula is C10H12O4. The van der Waals surface area contributed by atoms with Crippen molar-refractivity contribution in [1.29, 1.82) is 0 Å². The van der Waals surface area contributed by atoms with Crippen molar-refractivity contribution in [2.45, 2.75) is 13.3 Å². The first-order valence-electron chi connectivity index (χ1n) is 4.23. The lowest BCUT2D eigenvalue weighted by Crippen LogP contribution is -2.03. The van der Waals surface area contributed by atoms with Gasteiger partial charge in [0.1, 0.15) is 11.5 Å². The second kappa shape index (κ2) is 4.50. The number of benzene rings is 1. The number of hydrogen-bond donors (Lipinski definition) is 2. The second-order valence-corrected chi connectivity index (χ2v) is 2.95. The molecule has 4 heteroatoms. The van der Waals surface area contributed by atoms with Crippen molar-refractivity contribution in [1.82, 2.24) is 0 Å². The molecule has 76 valence electrons. The normalized spacial score (nSPS) is 9.79. The molecule has 0 aliphatic heterocycles. The van der Waals surface area contributed by atoms with E-state index in [2.05, 4.69) is 0 Å². The Kier molecular flexibility index (Phi) is 3.34. The lowest BCUT2D eigenvalue weighted by molar-refractivity contribution is -0.140. The highest BCUT2D eigenvalue weighted by atomic mass is 16.5. The molecule has 0 saturated heterocycles. The SMILES string of the molecule is CC(=O)OCCc1cc(O)cc(O)c1. The molecule has 1 rings (SSSR count). The summed E-state index contributed by atoms with van der Waals surface area (Å²) in [6, 6.07) is 4.28. The van der Waals surface area contributed by atoms with Crippen LogP contribution in [0.2, 0.25) is 0 Å². The molecule has 0 fully saturated rings. The summed E-state index contributed by atoms with van der Waals surface area (Å²) in [4.78, 5) is 10.4. The number of aromatic hydroxyl groups is 2. The molecule has 0 heterocycles. The summed E-state index contributed by atoms with van der Waals surface area (Å²) in [7, 11) is 0. The lowest BCUT2D eigenvalue weighted by atomic mass is 10.1. The lowest BCUT2D eigenvalue weighted by Gasteiger charge is -2.03. The molecule has 14 heavy (non-hydrogen) atoms. The number of esters is 1. The van der Waals surface area contributed by atoms with E-state index in [1.165, 1.54) is 25.1 Å². The Balaban J connectivity index is 2.54. The third kappa shape index (κ3) is 3.35. The zero-order chi connectivity index (χ0) is 10.6. The zero-order valence-corrected chi connectivity index (χ0v) is 7.86.